The van der Waals surface area contributed by atoms with Crippen molar-refractivity contribution in [2.24, 2.45) is 0 Å². The minimum absolute atomic E-state index is 0.0114. The van der Waals surface area contributed by atoms with Crippen molar-refractivity contribution in [2.75, 3.05) is 25.5 Å². The summed E-state index contributed by atoms with van der Waals surface area (Å²) in [4.78, 5) is 28.2. The van der Waals surface area contributed by atoms with Crippen LogP contribution in [-0.4, -0.2) is 69.7 Å². The van der Waals surface area contributed by atoms with Gasteiger partial charge in [0, 0.05) is 38.9 Å². The van der Waals surface area contributed by atoms with Crippen LogP contribution >= 0.6 is 0 Å². The highest BCUT2D eigenvalue weighted by Gasteiger charge is 2.38. The molecule has 0 bridgehead atoms. The van der Waals surface area contributed by atoms with Crippen LogP contribution in [-0.2, 0) is 33.3 Å². The first-order valence-electron chi connectivity index (χ1n) is 14.2. The fourth-order valence-electron chi connectivity index (χ4n) is 5.83. The van der Waals surface area contributed by atoms with Crippen LogP contribution < -0.4 is 10.6 Å². The summed E-state index contributed by atoms with van der Waals surface area (Å²) in [5.41, 5.74) is 1.22. The van der Waals surface area contributed by atoms with E-state index in [4.69, 9.17) is 4.74 Å². The van der Waals surface area contributed by atoms with E-state index < -0.39 is 17.8 Å². The molecule has 1 saturated heterocycles. The number of nitrogens with zero attached hydrogens (tertiary/aromatic N) is 2. The number of carbonyl (C=O) groups is 2. The molecule has 2 amide bonds. The van der Waals surface area contributed by atoms with E-state index in [2.05, 4.69) is 22.1 Å². The summed E-state index contributed by atoms with van der Waals surface area (Å²) >= 11 is 0. The average Bonchev–Trinajstić information content (AvgIpc) is 2.87. The van der Waals surface area contributed by atoms with Gasteiger partial charge in [-0.1, -0.05) is 24.3 Å². The Bertz CT molecular complexity index is 1260. The van der Waals surface area contributed by atoms with Crippen LogP contribution in [0.15, 0.2) is 49.1 Å². The topological polar surface area (TPSA) is 114 Å². The number of aliphatic hydroxyl groups is 2. The van der Waals surface area contributed by atoms with E-state index in [1.807, 2.05) is 40.7 Å². The molecule has 4 N–H and O–H groups in total. The lowest BCUT2D eigenvalue weighted by Crippen LogP contribution is -2.56. The van der Waals surface area contributed by atoms with Crippen molar-refractivity contribution in [2.45, 2.75) is 83.7 Å². The zero-order valence-electron chi connectivity index (χ0n) is 25.5. The molecule has 1 atom stereocenters. The Morgan fingerprint density at radius 3 is 2.45 bits per heavy atom. The van der Waals surface area contributed by atoms with Gasteiger partial charge in [-0.15, -0.1) is 6.58 Å². The monoisotopic (exact) mass is 584 g/mol. The molecule has 0 radical (unpaired) electrons. The molecular weight excluding hydrogens is 539 g/mol. The van der Waals surface area contributed by atoms with Gasteiger partial charge in [0.1, 0.15) is 11.9 Å². The Morgan fingerprint density at radius 2 is 1.88 bits per heavy atom. The fraction of sp³-hybridized carbons (Fsp3) is 0.500. The maximum atomic E-state index is 15.4. The highest BCUT2D eigenvalue weighted by Crippen LogP contribution is 2.32. The lowest BCUT2D eigenvalue weighted by Gasteiger charge is -2.47. The number of aryl methyl sites for hydroxylation is 1. The number of rotatable bonds is 13. The van der Waals surface area contributed by atoms with E-state index in [-0.39, 0.29) is 34.9 Å². The molecule has 1 heterocycles. The summed E-state index contributed by atoms with van der Waals surface area (Å²) in [5, 5.41) is 27.3. The highest BCUT2D eigenvalue weighted by molar-refractivity contribution is 5.83. The minimum Gasteiger partial charge on any atom is -0.367 e. The first kappa shape index (κ1) is 33.2. The lowest BCUT2D eigenvalue weighted by molar-refractivity contribution is -0.182. The van der Waals surface area contributed by atoms with Gasteiger partial charge < -0.3 is 30.5 Å². The maximum absolute atomic E-state index is 15.4. The zero-order chi connectivity index (χ0) is 31.3. The van der Waals surface area contributed by atoms with Crippen molar-refractivity contribution >= 4 is 18.0 Å². The molecule has 9 nitrogen and oxygen atoms in total. The van der Waals surface area contributed by atoms with Crippen LogP contribution in [0.1, 0.15) is 62.8 Å². The molecule has 1 fully saturated rings. The first-order valence-corrected chi connectivity index (χ1v) is 14.2. The van der Waals surface area contributed by atoms with E-state index >= 15 is 4.39 Å². The number of benzene rings is 2. The third-order valence-corrected chi connectivity index (χ3v) is 7.37. The lowest BCUT2D eigenvalue weighted by atomic mass is 9.98. The van der Waals surface area contributed by atoms with Crippen LogP contribution in [0.4, 0.5) is 10.1 Å². The zero-order valence-corrected chi connectivity index (χ0v) is 25.5. The number of allylic oxidation sites excluding steroid dienone is 1. The Morgan fingerprint density at radius 1 is 1.21 bits per heavy atom. The van der Waals surface area contributed by atoms with Crippen LogP contribution in [0.3, 0.4) is 0 Å². The van der Waals surface area contributed by atoms with E-state index in [0.29, 0.717) is 50.0 Å². The van der Waals surface area contributed by atoms with Gasteiger partial charge in [-0.25, -0.2) is 4.39 Å². The van der Waals surface area contributed by atoms with Crippen molar-refractivity contribution in [1.82, 2.24) is 15.1 Å². The Balaban J connectivity index is 1.84. The maximum Gasteiger partial charge on any atom is 0.275 e. The second-order valence-corrected chi connectivity index (χ2v) is 12.3. The Hall–Kier alpha value is -3.31. The minimum atomic E-state index is -2.76. The number of morpholine rings is 1. The van der Waals surface area contributed by atoms with Gasteiger partial charge in [0.2, 0.25) is 12.3 Å². The number of nitrogens with one attached hydrogen (secondary N) is 2. The van der Waals surface area contributed by atoms with Crippen molar-refractivity contribution in [3.05, 3.63) is 77.1 Å². The predicted molar refractivity (Wildman–Crippen MR) is 161 cm³/mol. The molecule has 3 rings (SSSR count). The molecule has 2 aromatic carbocycles. The summed E-state index contributed by atoms with van der Waals surface area (Å²) in [6, 6.07) is 8.72. The average molecular weight is 585 g/mol. The van der Waals surface area contributed by atoms with E-state index in [1.165, 1.54) is 24.1 Å². The predicted octanol–water partition coefficient (Wildman–Crippen LogP) is 3.77. The molecule has 0 aromatic heterocycles. The van der Waals surface area contributed by atoms with Gasteiger partial charge in [-0.2, -0.15) is 0 Å². The first-order chi connectivity index (χ1) is 19.6. The summed E-state index contributed by atoms with van der Waals surface area (Å²) in [7, 11) is 1.50. The number of likely N-dealkylation sites (N-methyl/N-ethyl adjacent to an activating group) is 1. The van der Waals surface area contributed by atoms with Crippen molar-refractivity contribution in [3.63, 3.8) is 0 Å². The number of amides is 2. The number of anilines is 1. The van der Waals surface area contributed by atoms with Crippen molar-refractivity contribution < 1.29 is 28.9 Å². The van der Waals surface area contributed by atoms with Gasteiger partial charge in [-0.3, -0.25) is 14.5 Å². The summed E-state index contributed by atoms with van der Waals surface area (Å²) in [5.74, 6) is -3.86. The van der Waals surface area contributed by atoms with Gasteiger partial charge in [0.25, 0.3) is 5.91 Å². The third-order valence-electron chi connectivity index (χ3n) is 7.37. The van der Waals surface area contributed by atoms with Gasteiger partial charge in [-0.05, 0) is 82.3 Å². The summed E-state index contributed by atoms with van der Waals surface area (Å²) in [6.45, 7) is 15.4. The number of halogens is 1. The van der Waals surface area contributed by atoms with E-state index in [1.54, 1.807) is 24.3 Å². The summed E-state index contributed by atoms with van der Waals surface area (Å²) < 4.78 is 21.5. The second kappa shape index (κ2) is 13.3. The third kappa shape index (κ3) is 8.38. The molecule has 10 heteroatoms. The van der Waals surface area contributed by atoms with Gasteiger partial charge in [0.05, 0.1) is 16.8 Å². The Kier molecular flexibility index (Phi) is 10.5. The van der Waals surface area contributed by atoms with Gasteiger partial charge >= 0.3 is 0 Å². The molecule has 0 spiro atoms. The van der Waals surface area contributed by atoms with Crippen molar-refractivity contribution in [1.29, 1.82) is 0 Å². The van der Waals surface area contributed by atoms with E-state index in [9.17, 15) is 19.8 Å². The largest absolute Gasteiger partial charge is 0.367 e. The number of carbonyl (C=O) groups excluding carboxylic acids is 2. The molecule has 230 valence electrons. The smallest absolute Gasteiger partial charge is 0.275 e. The molecule has 2 aromatic rings. The molecule has 42 heavy (non-hydrogen) atoms. The Labute approximate surface area is 248 Å². The number of hydrogen-bond acceptors (Lipinski definition) is 7. The molecule has 1 aliphatic rings. The molecule has 0 aliphatic carbocycles. The van der Waals surface area contributed by atoms with Crippen molar-refractivity contribution in [3.8, 4) is 0 Å². The molecule has 0 saturated carbocycles. The fourth-order valence-corrected chi connectivity index (χ4v) is 5.83. The molecule has 1 unspecified atom stereocenters. The molecular formula is C32H45FN4O5. The number of ether oxygens (including phenoxy) is 1. The van der Waals surface area contributed by atoms with Crippen LogP contribution in [0, 0.1) is 12.7 Å². The van der Waals surface area contributed by atoms with E-state index in [0.717, 1.165) is 5.56 Å². The van der Waals surface area contributed by atoms with Gasteiger partial charge in [0.15, 0.2) is 0 Å². The normalized spacial score (nSPS) is 17.3. The SMILES string of the molecule is C=CCCC(C(=O)NC)N(C=O)Cc1c(C)cccc1NC(O)(O)c1ccc(CN2CC(C)(C)OC(C)(C)C2)cc1F. The quantitative estimate of drug-likeness (QED) is 0.161. The standard InChI is InChI=1S/C32H45FN4O5/c1-8-9-13-28(29(39)34-7)37(21-38)18-24-22(2)11-10-12-27(24)35-32(40,41)25-15-14-23(16-26(25)33)17-36-19-30(3,4)42-31(5,6)20-36/h8,10-12,14-16,21,28,35,40-41H,1,9,13,17-20H2,2-7H3,(H,34,39). The van der Waals surface area contributed by atoms with Crippen LogP contribution in [0.5, 0.6) is 0 Å². The van der Waals surface area contributed by atoms with Crippen LogP contribution in [0.25, 0.3) is 0 Å². The molecule has 1 aliphatic heterocycles. The highest BCUT2D eigenvalue weighted by atomic mass is 19.1. The second-order valence-electron chi connectivity index (χ2n) is 12.3. The summed E-state index contributed by atoms with van der Waals surface area (Å²) in [6.07, 6.45) is 3.17. The number of hydrogen-bond donors (Lipinski definition) is 4. The van der Waals surface area contributed by atoms with Crippen LogP contribution in [0.2, 0.25) is 0 Å².